The average Bonchev–Trinajstić information content (AvgIpc) is 3.19. The third kappa shape index (κ3) is 9.63. The van der Waals surface area contributed by atoms with E-state index < -0.39 is 10.0 Å². The number of sulfonamides is 1. The molecule has 0 aliphatic carbocycles. The molecule has 0 bridgehead atoms. The summed E-state index contributed by atoms with van der Waals surface area (Å²) < 4.78 is 33.5. The molecule has 0 saturated heterocycles. The minimum absolute atomic E-state index is 0.00925. The summed E-state index contributed by atoms with van der Waals surface area (Å²) in [7, 11) is -1.93. The molecule has 1 aromatic carbocycles. The first-order valence-corrected chi connectivity index (χ1v) is 13.9. The van der Waals surface area contributed by atoms with Gasteiger partial charge in [-0.05, 0) is 73.1 Å². The Labute approximate surface area is 211 Å². The van der Waals surface area contributed by atoms with Gasteiger partial charge in [-0.2, -0.15) is 4.31 Å². The molecular formula is C25H33BrN2O3S2. The molecule has 0 N–H and O–H groups in total. The zero-order valence-corrected chi connectivity index (χ0v) is 23.2. The lowest BCUT2D eigenvalue weighted by molar-refractivity contribution is 0.284. The number of benzene rings is 1. The fourth-order valence-corrected chi connectivity index (χ4v) is 6.03. The SMILES string of the molecule is CCN(C/C=C/C#CC(C)(C)C)Cc1cccc(OCCN(C)S(=O)(=O)c2cc(Br)cs2)c1. The number of hydrogen-bond acceptors (Lipinski definition) is 5. The first-order valence-electron chi connectivity index (χ1n) is 10.8. The summed E-state index contributed by atoms with van der Waals surface area (Å²) in [5, 5.41) is 1.76. The summed E-state index contributed by atoms with van der Waals surface area (Å²) in [6.45, 7) is 11.5. The normalized spacial score (nSPS) is 12.4. The molecule has 0 spiro atoms. The fraction of sp³-hybridized carbons (Fsp3) is 0.440. The summed E-state index contributed by atoms with van der Waals surface area (Å²) in [5.41, 5.74) is 1.16. The smallest absolute Gasteiger partial charge is 0.252 e. The second-order valence-electron chi connectivity index (χ2n) is 8.66. The third-order valence-electron chi connectivity index (χ3n) is 4.65. The van der Waals surface area contributed by atoms with Crippen molar-refractivity contribution in [1.29, 1.82) is 0 Å². The van der Waals surface area contributed by atoms with Crippen LogP contribution in [0, 0.1) is 17.3 Å². The topological polar surface area (TPSA) is 49.9 Å². The van der Waals surface area contributed by atoms with Crippen molar-refractivity contribution in [3.05, 3.63) is 57.9 Å². The van der Waals surface area contributed by atoms with Gasteiger partial charge in [-0.1, -0.05) is 37.0 Å². The summed E-state index contributed by atoms with van der Waals surface area (Å²) in [4.78, 5) is 2.31. The maximum Gasteiger partial charge on any atom is 0.252 e. The van der Waals surface area contributed by atoms with E-state index in [1.807, 2.05) is 24.3 Å². The molecule has 0 fully saturated rings. The molecule has 33 heavy (non-hydrogen) atoms. The Kier molecular flexibility index (Phi) is 10.6. The minimum atomic E-state index is -3.50. The minimum Gasteiger partial charge on any atom is -0.492 e. The van der Waals surface area contributed by atoms with E-state index in [1.165, 1.54) is 15.6 Å². The molecule has 0 saturated carbocycles. The number of thiophene rings is 1. The van der Waals surface area contributed by atoms with Crippen molar-refractivity contribution in [2.75, 3.05) is 33.3 Å². The van der Waals surface area contributed by atoms with Crippen molar-refractivity contribution in [3.8, 4) is 17.6 Å². The number of nitrogens with zero attached hydrogens (tertiary/aromatic N) is 2. The van der Waals surface area contributed by atoms with E-state index in [-0.39, 0.29) is 18.6 Å². The first-order chi connectivity index (χ1) is 15.5. The predicted octanol–water partition coefficient (Wildman–Crippen LogP) is 5.64. The van der Waals surface area contributed by atoms with Crippen LogP contribution in [0.2, 0.25) is 0 Å². The second kappa shape index (κ2) is 12.7. The summed E-state index contributed by atoms with van der Waals surface area (Å²) >= 11 is 4.50. The van der Waals surface area contributed by atoms with Gasteiger partial charge in [-0.15, -0.1) is 11.3 Å². The van der Waals surface area contributed by atoms with E-state index in [9.17, 15) is 8.42 Å². The van der Waals surface area contributed by atoms with Gasteiger partial charge in [0.1, 0.15) is 16.6 Å². The van der Waals surface area contributed by atoms with Crippen molar-refractivity contribution in [1.82, 2.24) is 9.21 Å². The van der Waals surface area contributed by atoms with Crippen LogP contribution < -0.4 is 4.74 Å². The van der Waals surface area contributed by atoms with Gasteiger partial charge in [0.05, 0.1) is 0 Å². The molecule has 0 amide bonds. The Hall–Kier alpha value is -1.63. The lowest BCUT2D eigenvalue weighted by Gasteiger charge is -2.19. The highest BCUT2D eigenvalue weighted by Gasteiger charge is 2.22. The number of rotatable bonds is 11. The Morgan fingerprint density at radius 1 is 1.24 bits per heavy atom. The van der Waals surface area contributed by atoms with Crippen LogP contribution in [-0.2, 0) is 16.6 Å². The van der Waals surface area contributed by atoms with E-state index >= 15 is 0 Å². The lowest BCUT2D eigenvalue weighted by atomic mass is 9.98. The Balaban J connectivity index is 1.88. The first kappa shape index (κ1) is 27.6. The maximum atomic E-state index is 12.6. The van der Waals surface area contributed by atoms with Gasteiger partial charge in [0.2, 0.25) is 0 Å². The fourth-order valence-electron chi connectivity index (χ4n) is 2.81. The van der Waals surface area contributed by atoms with Gasteiger partial charge in [0, 0.05) is 41.9 Å². The van der Waals surface area contributed by atoms with Crippen molar-refractivity contribution < 1.29 is 13.2 Å². The number of ether oxygens (including phenoxy) is 1. The van der Waals surface area contributed by atoms with Crippen LogP contribution >= 0.6 is 27.3 Å². The van der Waals surface area contributed by atoms with Crippen LogP contribution in [0.25, 0.3) is 0 Å². The van der Waals surface area contributed by atoms with Gasteiger partial charge in [0.25, 0.3) is 10.0 Å². The standard InChI is InChI=1S/C25H33BrN2O3S2/c1-6-28(14-9-7-8-13-25(2,3)4)19-21-11-10-12-23(17-21)31-16-15-27(5)33(29,30)24-18-22(26)20-32-24/h7,9-12,17-18,20H,6,14-16,19H2,1-5H3/b9-7+. The van der Waals surface area contributed by atoms with Crippen molar-refractivity contribution in [3.63, 3.8) is 0 Å². The highest BCUT2D eigenvalue weighted by atomic mass is 79.9. The van der Waals surface area contributed by atoms with E-state index in [0.717, 1.165) is 35.4 Å². The molecular weight excluding hydrogens is 520 g/mol. The van der Waals surface area contributed by atoms with Gasteiger partial charge in [-0.25, -0.2) is 8.42 Å². The molecule has 0 radical (unpaired) electrons. The number of hydrogen-bond donors (Lipinski definition) is 0. The quantitative estimate of drug-likeness (QED) is 0.338. The summed E-state index contributed by atoms with van der Waals surface area (Å²) in [6, 6.07) is 9.56. The monoisotopic (exact) mass is 552 g/mol. The molecule has 1 aromatic heterocycles. The second-order valence-corrected chi connectivity index (χ2v) is 12.8. The average molecular weight is 554 g/mol. The molecule has 8 heteroatoms. The Bertz CT molecular complexity index is 1090. The maximum absolute atomic E-state index is 12.6. The van der Waals surface area contributed by atoms with Crippen molar-refractivity contribution >= 4 is 37.3 Å². The third-order valence-corrected chi connectivity index (χ3v) is 8.68. The molecule has 2 aromatic rings. The van der Waals surface area contributed by atoms with E-state index in [2.05, 4.69) is 72.5 Å². The van der Waals surface area contributed by atoms with E-state index in [0.29, 0.717) is 4.21 Å². The molecule has 0 atom stereocenters. The number of allylic oxidation sites excluding steroid dienone is 1. The van der Waals surface area contributed by atoms with Gasteiger partial charge >= 0.3 is 0 Å². The highest BCUT2D eigenvalue weighted by molar-refractivity contribution is 9.10. The van der Waals surface area contributed by atoms with Crippen LogP contribution in [0.4, 0.5) is 0 Å². The molecule has 1 heterocycles. The zero-order valence-electron chi connectivity index (χ0n) is 20.0. The Morgan fingerprint density at radius 3 is 2.64 bits per heavy atom. The van der Waals surface area contributed by atoms with Crippen LogP contribution in [0.3, 0.4) is 0 Å². The molecule has 0 unspecified atom stereocenters. The van der Waals surface area contributed by atoms with Crippen LogP contribution in [0.5, 0.6) is 5.75 Å². The van der Waals surface area contributed by atoms with Crippen molar-refractivity contribution in [2.45, 2.75) is 38.4 Å². The summed E-state index contributed by atoms with van der Waals surface area (Å²) in [5.74, 6) is 7.05. The van der Waals surface area contributed by atoms with Gasteiger partial charge in [0.15, 0.2) is 0 Å². The van der Waals surface area contributed by atoms with Crippen LogP contribution in [0.15, 0.2) is 56.5 Å². The van der Waals surface area contributed by atoms with E-state index in [1.54, 1.807) is 18.5 Å². The zero-order chi connectivity index (χ0) is 24.5. The van der Waals surface area contributed by atoms with Crippen molar-refractivity contribution in [2.24, 2.45) is 5.41 Å². The predicted molar refractivity (Wildman–Crippen MR) is 141 cm³/mol. The van der Waals surface area contributed by atoms with Crippen LogP contribution in [-0.4, -0.2) is 50.9 Å². The molecule has 0 aliphatic rings. The largest absolute Gasteiger partial charge is 0.492 e. The van der Waals surface area contributed by atoms with Gasteiger partial charge < -0.3 is 4.74 Å². The number of halogens is 1. The van der Waals surface area contributed by atoms with Crippen LogP contribution in [0.1, 0.15) is 33.3 Å². The molecule has 5 nitrogen and oxygen atoms in total. The lowest BCUT2D eigenvalue weighted by Crippen LogP contribution is -2.30. The van der Waals surface area contributed by atoms with E-state index in [4.69, 9.17) is 4.74 Å². The summed E-state index contributed by atoms with van der Waals surface area (Å²) in [6.07, 6.45) is 4.01. The van der Waals surface area contributed by atoms with Gasteiger partial charge in [-0.3, -0.25) is 4.90 Å². The molecule has 2 rings (SSSR count). The molecule has 180 valence electrons. The highest BCUT2D eigenvalue weighted by Crippen LogP contribution is 2.26. The number of likely N-dealkylation sites (N-methyl/N-ethyl adjacent to an activating group) is 2. The Morgan fingerprint density at radius 2 is 2.00 bits per heavy atom. The molecule has 0 aliphatic heterocycles.